The molecule has 2 nitrogen and oxygen atoms in total. The number of hydrogen-bond donors (Lipinski definition) is 0. The Bertz CT molecular complexity index is 2310. The van der Waals surface area contributed by atoms with Crippen molar-refractivity contribution >= 4 is 43.6 Å². The lowest BCUT2D eigenvalue weighted by Gasteiger charge is -2.22. The van der Waals surface area contributed by atoms with E-state index < -0.39 is 0 Å². The minimum absolute atomic E-state index is 0.470. The van der Waals surface area contributed by atoms with E-state index >= 15 is 0 Å². The quantitative estimate of drug-likeness (QED) is 0.134. The maximum atomic E-state index is 2.44. The van der Waals surface area contributed by atoms with Crippen LogP contribution < -0.4 is 0 Å². The second kappa shape index (κ2) is 12.5. The normalized spacial score (nSPS) is 12.1. The summed E-state index contributed by atoms with van der Waals surface area (Å²) < 4.78 is 4.80. The van der Waals surface area contributed by atoms with Gasteiger partial charge in [-0.3, -0.25) is 0 Å². The van der Waals surface area contributed by atoms with Crippen molar-refractivity contribution in [1.82, 2.24) is 9.13 Å². The molecule has 2 heteroatoms. The number of aromatic nitrogens is 2. The van der Waals surface area contributed by atoms with E-state index in [-0.39, 0.29) is 0 Å². The lowest BCUT2D eigenvalue weighted by Crippen LogP contribution is -2.08. The third-order valence-electron chi connectivity index (χ3n) is 10.7. The topological polar surface area (TPSA) is 9.86 Å². The molecule has 0 amide bonds. The Balaban J connectivity index is 1.06. The number of benzene rings is 6. The predicted octanol–water partition coefficient (Wildman–Crippen LogP) is 13.1. The van der Waals surface area contributed by atoms with Gasteiger partial charge in [-0.25, -0.2) is 0 Å². The van der Waals surface area contributed by atoms with Crippen LogP contribution in [-0.2, 0) is 6.42 Å². The molecule has 0 radical (unpaired) electrons. The highest BCUT2D eigenvalue weighted by molar-refractivity contribution is 6.10. The van der Waals surface area contributed by atoms with E-state index in [4.69, 9.17) is 0 Å². The molecule has 0 saturated carbocycles. The van der Waals surface area contributed by atoms with Gasteiger partial charge in [-0.1, -0.05) is 125 Å². The van der Waals surface area contributed by atoms with Gasteiger partial charge in [-0.2, -0.15) is 0 Å². The third-order valence-corrected chi connectivity index (χ3v) is 10.7. The second-order valence-corrected chi connectivity index (χ2v) is 14.2. The van der Waals surface area contributed by atoms with Crippen LogP contribution in [0, 0.1) is 5.41 Å². The molecule has 0 saturated heterocycles. The fourth-order valence-electron chi connectivity index (χ4n) is 7.55. The molecule has 0 unspecified atom stereocenters. The first-order valence-electron chi connectivity index (χ1n) is 17.7. The highest BCUT2D eigenvalue weighted by atomic mass is 15.0. The van der Waals surface area contributed by atoms with Crippen molar-refractivity contribution in [3.05, 3.63) is 145 Å². The standard InChI is InChI=1S/C46H44N2/c1-4-46(2,3)31-13-5-6-14-33-21-30-45-41(32-33)40-17-9-12-20-44(40)48(45)37-28-24-35(25-29-37)34-22-26-36(27-23-34)47-42-18-10-7-15-38(42)39-16-8-11-19-43(39)47/h7-12,15-30,32H,4-6,13-14,31H2,1-3H3. The van der Waals surface area contributed by atoms with Crippen molar-refractivity contribution in [3.8, 4) is 22.5 Å². The fraction of sp³-hybridized carbons (Fsp3) is 0.217. The van der Waals surface area contributed by atoms with Crippen molar-refractivity contribution in [3.63, 3.8) is 0 Å². The molecular formula is C46H44N2. The van der Waals surface area contributed by atoms with Crippen LogP contribution >= 0.6 is 0 Å². The van der Waals surface area contributed by atoms with E-state index in [0.29, 0.717) is 5.41 Å². The molecule has 48 heavy (non-hydrogen) atoms. The molecule has 8 aromatic rings. The summed E-state index contributed by atoms with van der Waals surface area (Å²) in [4.78, 5) is 0. The molecule has 0 bridgehead atoms. The Hall–Kier alpha value is -5.08. The number of aryl methyl sites for hydroxylation is 1. The molecule has 8 rings (SSSR count). The molecule has 6 aromatic carbocycles. The van der Waals surface area contributed by atoms with Crippen LogP contribution in [0.2, 0.25) is 0 Å². The fourth-order valence-corrected chi connectivity index (χ4v) is 7.55. The van der Waals surface area contributed by atoms with Gasteiger partial charge in [0.05, 0.1) is 22.1 Å². The summed E-state index contributed by atoms with van der Waals surface area (Å²) in [6.07, 6.45) is 7.61. The Morgan fingerprint density at radius 1 is 0.458 bits per heavy atom. The molecule has 0 aliphatic carbocycles. The van der Waals surface area contributed by atoms with Gasteiger partial charge in [0, 0.05) is 32.9 Å². The number of fused-ring (bicyclic) bond motifs is 6. The van der Waals surface area contributed by atoms with Crippen LogP contribution in [0.4, 0.5) is 0 Å². The molecule has 0 fully saturated rings. The first-order valence-corrected chi connectivity index (χ1v) is 17.7. The van der Waals surface area contributed by atoms with E-state index in [1.54, 1.807) is 0 Å². The molecule has 0 spiro atoms. The Kier molecular flexibility index (Phi) is 7.89. The van der Waals surface area contributed by atoms with Crippen LogP contribution in [-0.4, -0.2) is 9.13 Å². The monoisotopic (exact) mass is 624 g/mol. The summed E-state index contributed by atoms with van der Waals surface area (Å²) in [6.45, 7) is 7.11. The SMILES string of the molecule is CCC(C)(C)CCCCCc1ccc2c(c1)c1ccccc1n2-c1ccc(-c2ccc(-n3c4ccccc4c4ccccc43)cc2)cc1. The Morgan fingerprint density at radius 3 is 1.42 bits per heavy atom. The Morgan fingerprint density at radius 2 is 0.917 bits per heavy atom. The van der Waals surface area contributed by atoms with E-state index in [9.17, 15) is 0 Å². The maximum absolute atomic E-state index is 2.44. The second-order valence-electron chi connectivity index (χ2n) is 14.2. The van der Waals surface area contributed by atoms with E-state index in [2.05, 4.69) is 169 Å². The number of rotatable bonds is 10. The molecule has 2 heterocycles. The summed E-state index contributed by atoms with van der Waals surface area (Å²) in [6, 6.07) is 51.4. The molecule has 0 aliphatic heterocycles. The van der Waals surface area contributed by atoms with E-state index in [1.165, 1.54) is 104 Å². The lowest BCUT2D eigenvalue weighted by atomic mass is 9.84. The number of para-hydroxylation sites is 3. The zero-order chi connectivity index (χ0) is 32.7. The first-order chi connectivity index (χ1) is 23.5. The van der Waals surface area contributed by atoms with Gasteiger partial charge in [-0.05, 0) is 96.0 Å². The van der Waals surface area contributed by atoms with Crippen molar-refractivity contribution < 1.29 is 0 Å². The van der Waals surface area contributed by atoms with Crippen molar-refractivity contribution in [2.75, 3.05) is 0 Å². The average Bonchev–Trinajstić information content (AvgIpc) is 3.64. The summed E-state index contributed by atoms with van der Waals surface area (Å²) in [5.74, 6) is 0. The molecule has 0 atom stereocenters. The van der Waals surface area contributed by atoms with E-state index in [0.717, 1.165) is 6.42 Å². The number of nitrogens with zero attached hydrogens (tertiary/aromatic N) is 2. The lowest BCUT2D eigenvalue weighted by molar-refractivity contribution is 0.308. The zero-order valence-corrected chi connectivity index (χ0v) is 28.4. The highest BCUT2D eigenvalue weighted by Crippen LogP contribution is 2.35. The smallest absolute Gasteiger partial charge is 0.0541 e. The number of hydrogen-bond acceptors (Lipinski definition) is 0. The van der Waals surface area contributed by atoms with Crippen molar-refractivity contribution in [2.24, 2.45) is 5.41 Å². The van der Waals surface area contributed by atoms with Crippen LogP contribution in [0.5, 0.6) is 0 Å². The van der Waals surface area contributed by atoms with Gasteiger partial charge in [-0.15, -0.1) is 0 Å². The highest BCUT2D eigenvalue weighted by Gasteiger charge is 2.16. The van der Waals surface area contributed by atoms with Crippen LogP contribution in [0.25, 0.3) is 66.1 Å². The zero-order valence-electron chi connectivity index (χ0n) is 28.4. The van der Waals surface area contributed by atoms with Gasteiger partial charge in [0.2, 0.25) is 0 Å². The molecular weight excluding hydrogens is 581 g/mol. The molecule has 0 aliphatic rings. The van der Waals surface area contributed by atoms with E-state index in [1.807, 2.05) is 0 Å². The molecule has 2 aromatic heterocycles. The van der Waals surface area contributed by atoms with Gasteiger partial charge < -0.3 is 9.13 Å². The first kappa shape index (κ1) is 30.3. The summed E-state index contributed by atoms with van der Waals surface area (Å²) in [5, 5.41) is 5.25. The minimum atomic E-state index is 0.470. The third kappa shape index (κ3) is 5.50. The Labute approximate surface area is 284 Å². The summed E-state index contributed by atoms with van der Waals surface area (Å²) in [7, 11) is 0. The minimum Gasteiger partial charge on any atom is -0.309 e. The summed E-state index contributed by atoms with van der Waals surface area (Å²) >= 11 is 0. The van der Waals surface area contributed by atoms with Gasteiger partial charge in [0.1, 0.15) is 0 Å². The maximum Gasteiger partial charge on any atom is 0.0541 e. The van der Waals surface area contributed by atoms with Crippen molar-refractivity contribution in [1.29, 1.82) is 0 Å². The van der Waals surface area contributed by atoms with Gasteiger partial charge >= 0.3 is 0 Å². The van der Waals surface area contributed by atoms with Gasteiger partial charge in [0.25, 0.3) is 0 Å². The van der Waals surface area contributed by atoms with Crippen LogP contribution in [0.3, 0.4) is 0 Å². The molecule has 238 valence electrons. The number of unbranched alkanes of at least 4 members (excludes halogenated alkanes) is 2. The largest absolute Gasteiger partial charge is 0.309 e. The predicted molar refractivity (Wildman–Crippen MR) is 207 cm³/mol. The van der Waals surface area contributed by atoms with Crippen LogP contribution in [0.15, 0.2) is 140 Å². The summed E-state index contributed by atoms with van der Waals surface area (Å²) in [5.41, 5.74) is 11.7. The van der Waals surface area contributed by atoms with Crippen molar-refractivity contribution in [2.45, 2.75) is 59.3 Å². The van der Waals surface area contributed by atoms with Crippen LogP contribution in [0.1, 0.15) is 58.4 Å². The molecule has 0 N–H and O–H groups in total. The van der Waals surface area contributed by atoms with Gasteiger partial charge in [0.15, 0.2) is 0 Å². The average molecular weight is 625 g/mol.